The molecule has 4 nitrogen and oxygen atoms in total. The molecule has 4 rings (SSSR count). The first kappa shape index (κ1) is 13.1. The maximum absolute atomic E-state index is 5.37. The number of nitrogens with zero attached hydrogens (tertiary/aromatic N) is 3. The van der Waals surface area contributed by atoms with Gasteiger partial charge in [0.2, 0.25) is 0 Å². The molecule has 4 heteroatoms. The predicted octanol–water partition coefficient (Wildman–Crippen LogP) is 4.33. The smallest absolute Gasteiger partial charge is 0.160 e. The van der Waals surface area contributed by atoms with Crippen LogP contribution < -0.4 is 4.74 Å². The zero-order valence-electron chi connectivity index (χ0n) is 12.9. The lowest BCUT2D eigenvalue weighted by atomic mass is 10.2. The highest BCUT2D eigenvalue weighted by Crippen LogP contribution is 2.33. The Bertz CT molecular complexity index is 1000. The first-order valence-electron chi connectivity index (χ1n) is 7.43. The van der Waals surface area contributed by atoms with Gasteiger partial charge < -0.3 is 9.30 Å². The normalized spacial score (nSPS) is 11.8. The molecule has 0 radical (unpaired) electrons. The standard InChI is InChI=1S/C18H17N3O/c1-11(2)21-16-9-8-12(22-3)10-13(16)17-18(21)20-15-7-5-4-6-14(15)19-17/h4-11H,1-3H3. The van der Waals surface area contributed by atoms with Gasteiger partial charge in [-0.2, -0.15) is 0 Å². The Labute approximate surface area is 128 Å². The fourth-order valence-electron chi connectivity index (χ4n) is 3.02. The van der Waals surface area contributed by atoms with Crippen LogP contribution in [0, 0.1) is 0 Å². The molecule has 2 heterocycles. The number of para-hydroxylation sites is 2. The summed E-state index contributed by atoms with van der Waals surface area (Å²) in [7, 11) is 1.68. The number of aromatic nitrogens is 3. The number of fused-ring (bicyclic) bond motifs is 4. The Morgan fingerprint density at radius 3 is 2.41 bits per heavy atom. The Hall–Kier alpha value is -2.62. The van der Waals surface area contributed by atoms with Crippen LogP contribution in [-0.4, -0.2) is 21.6 Å². The van der Waals surface area contributed by atoms with Crippen molar-refractivity contribution in [1.29, 1.82) is 0 Å². The molecule has 0 aliphatic rings. The molecule has 4 aromatic rings. The van der Waals surface area contributed by atoms with E-state index in [0.29, 0.717) is 6.04 Å². The minimum atomic E-state index is 0.309. The molecule has 0 saturated carbocycles. The molecule has 0 saturated heterocycles. The van der Waals surface area contributed by atoms with Crippen molar-refractivity contribution in [3.63, 3.8) is 0 Å². The second kappa shape index (κ2) is 4.70. The Morgan fingerprint density at radius 1 is 1.00 bits per heavy atom. The molecule has 22 heavy (non-hydrogen) atoms. The van der Waals surface area contributed by atoms with Gasteiger partial charge in [-0.25, -0.2) is 9.97 Å². The third-order valence-electron chi connectivity index (χ3n) is 4.02. The number of hydrogen-bond donors (Lipinski definition) is 0. The number of ether oxygens (including phenoxy) is 1. The van der Waals surface area contributed by atoms with E-state index in [1.807, 2.05) is 36.4 Å². The van der Waals surface area contributed by atoms with Crippen LogP contribution in [0.3, 0.4) is 0 Å². The second-order valence-electron chi connectivity index (χ2n) is 5.73. The summed E-state index contributed by atoms with van der Waals surface area (Å²) in [5.74, 6) is 0.838. The van der Waals surface area contributed by atoms with Crippen LogP contribution in [0.2, 0.25) is 0 Å². The summed E-state index contributed by atoms with van der Waals surface area (Å²) in [5, 5.41) is 1.08. The van der Waals surface area contributed by atoms with Crippen molar-refractivity contribution in [2.45, 2.75) is 19.9 Å². The summed E-state index contributed by atoms with van der Waals surface area (Å²) in [5.41, 5.74) is 4.84. The molecule has 0 unspecified atom stereocenters. The van der Waals surface area contributed by atoms with Gasteiger partial charge in [0, 0.05) is 11.4 Å². The van der Waals surface area contributed by atoms with Gasteiger partial charge in [-0.3, -0.25) is 0 Å². The van der Waals surface area contributed by atoms with Crippen molar-refractivity contribution >= 4 is 33.1 Å². The lowest BCUT2D eigenvalue weighted by Gasteiger charge is -2.10. The molecule has 0 amide bonds. The number of rotatable bonds is 2. The van der Waals surface area contributed by atoms with Gasteiger partial charge >= 0.3 is 0 Å². The summed E-state index contributed by atoms with van der Waals surface area (Å²) >= 11 is 0. The first-order chi connectivity index (χ1) is 10.7. The topological polar surface area (TPSA) is 39.9 Å². The fourth-order valence-corrected chi connectivity index (χ4v) is 3.02. The molecule has 0 aliphatic heterocycles. The van der Waals surface area contributed by atoms with Gasteiger partial charge in [0.05, 0.1) is 23.7 Å². The Kier molecular flexibility index (Phi) is 2.79. The third kappa shape index (κ3) is 1.77. The molecule has 0 bridgehead atoms. The van der Waals surface area contributed by atoms with E-state index in [0.717, 1.165) is 38.8 Å². The van der Waals surface area contributed by atoms with Crippen molar-refractivity contribution in [3.8, 4) is 5.75 Å². The number of benzene rings is 2. The summed E-state index contributed by atoms with van der Waals surface area (Å²) in [4.78, 5) is 9.70. The zero-order chi connectivity index (χ0) is 15.3. The molecule has 2 aromatic carbocycles. The van der Waals surface area contributed by atoms with E-state index in [-0.39, 0.29) is 0 Å². The molecule has 110 valence electrons. The molecule has 0 aliphatic carbocycles. The van der Waals surface area contributed by atoms with Gasteiger partial charge in [0.25, 0.3) is 0 Å². The molecular formula is C18H17N3O. The van der Waals surface area contributed by atoms with Crippen molar-refractivity contribution in [2.24, 2.45) is 0 Å². The first-order valence-corrected chi connectivity index (χ1v) is 7.43. The van der Waals surface area contributed by atoms with Crippen LogP contribution in [-0.2, 0) is 0 Å². The monoisotopic (exact) mass is 291 g/mol. The molecule has 0 fully saturated rings. The van der Waals surface area contributed by atoms with Crippen LogP contribution in [0.25, 0.3) is 33.1 Å². The van der Waals surface area contributed by atoms with Crippen LogP contribution in [0.4, 0.5) is 0 Å². The van der Waals surface area contributed by atoms with E-state index in [1.54, 1.807) is 7.11 Å². The fraction of sp³-hybridized carbons (Fsp3) is 0.222. The molecular weight excluding hydrogens is 274 g/mol. The maximum Gasteiger partial charge on any atom is 0.160 e. The van der Waals surface area contributed by atoms with E-state index in [2.05, 4.69) is 24.5 Å². The van der Waals surface area contributed by atoms with Crippen LogP contribution in [0.1, 0.15) is 19.9 Å². The van der Waals surface area contributed by atoms with E-state index in [4.69, 9.17) is 14.7 Å². The minimum Gasteiger partial charge on any atom is -0.497 e. The average Bonchev–Trinajstić information content (AvgIpc) is 2.85. The quantitative estimate of drug-likeness (QED) is 0.552. The van der Waals surface area contributed by atoms with Gasteiger partial charge in [0.15, 0.2) is 5.65 Å². The van der Waals surface area contributed by atoms with E-state index < -0.39 is 0 Å². The lowest BCUT2D eigenvalue weighted by molar-refractivity contribution is 0.415. The van der Waals surface area contributed by atoms with Crippen molar-refractivity contribution in [3.05, 3.63) is 42.5 Å². The average molecular weight is 291 g/mol. The highest BCUT2D eigenvalue weighted by atomic mass is 16.5. The molecule has 2 aromatic heterocycles. The molecule has 0 N–H and O–H groups in total. The SMILES string of the molecule is COc1ccc2c(c1)c1nc3ccccc3nc1n2C(C)C. The van der Waals surface area contributed by atoms with E-state index in [9.17, 15) is 0 Å². The van der Waals surface area contributed by atoms with Gasteiger partial charge in [0.1, 0.15) is 11.3 Å². The molecule has 0 atom stereocenters. The summed E-state index contributed by atoms with van der Waals surface area (Å²) < 4.78 is 7.61. The lowest BCUT2D eigenvalue weighted by Crippen LogP contribution is -2.01. The largest absolute Gasteiger partial charge is 0.497 e. The summed E-state index contributed by atoms with van der Waals surface area (Å²) in [6.07, 6.45) is 0. The van der Waals surface area contributed by atoms with Crippen molar-refractivity contribution in [2.75, 3.05) is 7.11 Å². The van der Waals surface area contributed by atoms with E-state index >= 15 is 0 Å². The zero-order valence-corrected chi connectivity index (χ0v) is 12.9. The number of hydrogen-bond acceptors (Lipinski definition) is 3. The summed E-state index contributed by atoms with van der Waals surface area (Å²) in [6.45, 7) is 4.33. The Balaban J connectivity index is 2.23. The van der Waals surface area contributed by atoms with Gasteiger partial charge in [-0.15, -0.1) is 0 Å². The highest BCUT2D eigenvalue weighted by Gasteiger charge is 2.16. The van der Waals surface area contributed by atoms with E-state index in [1.165, 1.54) is 0 Å². The van der Waals surface area contributed by atoms with Crippen LogP contribution >= 0.6 is 0 Å². The predicted molar refractivity (Wildman–Crippen MR) is 89.5 cm³/mol. The summed E-state index contributed by atoms with van der Waals surface area (Å²) in [6, 6.07) is 14.4. The second-order valence-corrected chi connectivity index (χ2v) is 5.73. The maximum atomic E-state index is 5.37. The van der Waals surface area contributed by atoms with Gasteiger partial charge in [-0.05, 0) is 44.2 Å². The third-order valence-corrected chi connectivity index (χ3v) is 4.02. The minimum absolute atomic E-state index is 0.309. The number of methoxy groups -OCH3 is 1. The van der Waals surface area contributed by atoms with Crippen molar-refractivity contribution < 1.29 is 4.74 Å². The van der Waals surface area contributed by atoms with Crippen molar-refractivity contribution in [1.82, 2.24) is 14.5 Å². The highest BCUT2D eigenvalue weighted by molar-refractivity contribution is 6.07. The van der Waals surface area contributed by atoms with Gasteiger partial charge in [-0.1, -0.05) is 12.1 Å². The Morgan fingerprint density at radius 2 is 1.73 bits per heavy atom. The van der Waals surface area contributed by atoms with Crippen LogP contribution in [0.15, 0.2) is 42.5 Å². The molecule has 0 spiro atoms. The van der Waals surface area contributed by atoms with Crippen LogP contribution in [0.5, 0.6) is 5.75 Å².